The number of carboxylic acid groups (broad SMARTS) is 1. The molecule has 1 aromatic carbocycles. The van der Waals surface area contributed by atoms with Gasteiger partial charge in [-0.05, 0) is 38.8 Å². The topological polar surface area (TPSA) is 113 Å². The third-order valence-electron chi connectivity index (χ3n) is 6.23. The zero-order valence-corrected chi connectivity index (χ0v) is 16.7. The van der Waals surface area contributed by atoms with Crippen LogP contribution in [-0.2, 0) is 14.4 Å². The summed E-state index contributed by atoms with van der Waals surface area (Å²) in [5, 5.41) is 16.9. The van der Waals surface area contributed by atoms with Gasteiger partial charge in [0.05, 0.1) is 17.5 Å². The van der Waals surface area contributed by atoms with Crippen LogP contribution >= 0.6 is 0 Å². The number of carbonyl (C=O) groups excluding carboxylic acids is 2. The van der Waals surface area contributed by atoms with E-state index in [1.807, 2.05) is 38.1 Å². The molecule has 2 amide bonds. The number of likely N-dealkylation sites (tertiary alicyclic amines) is 1. The number of benzene rings is 1. The average molecular weight is 397 g/mol. The maximum Gasteiger partial charge on any atom is 0.324 e. The predicted octanol–water partition coefficient (Wildman–Crippen LogP) is 2.07. The van der Waals surface area contributed by atoms with Crippen LogP contribution < -0.4 is 5.32 Å². The number of aliphatic carboxylic acids is 1. The highest BCUT2D eigenvalue weighted by Gasteiger charge is 2.66. The summed E-state index contributed by atoms with van der Waals surface area (Å²) in [4.78, 5) is 38.9. The van der Waals surface area contributed by atoms with Gasteiger partial charge in [-0.1, -0.05) is 29.4 Å². The summed E-state index contributed by atoms with van der Waals surface area (Å²) < 4.78 is 5.22. The van der Waals surface area contributed by atoms with Gasteiger partial charge in [-0.15, -0.1) is 0 Å². The molecule has 8 nitrogen and oxygen atoms in total. The minimum absolute atomic E-state index is 0.234. The number of nitrogens with zero attached hydrogens (tertiary/aromatic N) is 2. The van der Waals surface area contributed by atoms with Gasteiger partial charge in [-0.2, -0.15) is 0 Å². The van der Waals surface area contributed by atoms with E-state index in [1.165, 1.54) is 11.8 Å². The number of fused-ring (bicyclic) bond motifs is 1. The zero-order valence-electron chi connectivity index (χ0n) is 16.7. The molecule has 2 aliphatic heterocycles. The molecule has 4 rings (SSSR count). The number of hydrogen-bond acceptors (Lipinski definition) is 6. The maximum absolute atomic E-state index is 12.9. The number of aryl methyl sites for hydroxylation is 2. The molecule has 2 aromatic rings. The molecule has 29 heavy (non-hydrogen) atoms. The van der Waals surface area contributed by atoms with Gasteiger partial charge in [0.25, 0.3) is 0 Å². The minimum atomic E-state index is -1.51. The number of hydrogen-bond donors (Lipinski definition) is 2. The van der Waals surface area contributed by atoms with Crippen LogP contribution in [0.4, 0.5) is 0 Å². The summed E-state index contributed by atoms with van der Waals surface area (Å²) in [6, 6.07) is 6.95. The number of rotatable bonds is 4. The van der Waals surface area contributed by atoms with Crippen molar-refractivity contribution in [2.75, 3.05) is 6.54 Å². The molecule has 8 heteroatoms. The SMILES string of the molecule is CCN1C(=O)C2C(c3ccc(-c4c(C)noc4C)cc3)NC(C)(C(=O)O)C2C1=O. The fourth-order valence-electron chi connectivity index (χ4n) is 4.75. The van der Waals surface area contributed by atoms with E-state index in [0.717, 1.165) is 22.4 Å². The Morgan fingerprint density at radius 2 is 1.90 bits per heavy atom. The van der Waals surface area contributed by atoms with Gasteiger partial charge in [0, 0.05) is 18.2 Å². The molecule has 152 valence electrons. The largest absolute Gasteiger partial charge is 0.480 e. The third-order valence-corrected chi connectivity index (χ3v) is 6.23. The quantitative estimate of drug-likeness (QED) is 0.760. The summed E-state index contributed by atoms with van der Waals surface area (Å²) in [6.45, 7) is 7.14. The molecule has 0 aliphatic carbocycles. The lowest BCUT2D eigenvalue weighted by Gasteiger charge is -2.27. The van der Waals surface area contributed by atoms with Crippen LogP contribution in [0.1, 0.15) is 36.9 Å². The molecule has 2 aliphatic rings. The summed E-state index contributed by atoms with van der Waals surface area (Å²) in [7, 11) is 0. The third kappa shape index (κ3) is 2.62. The van der Waals surface area contributed by atoms with Crippen molar-refractivity contribution < 1.29 is 24.0 Å². The van der Waals surface area contributed by atoms with Crippen molar-refractivity contribution in [1.29, 1.82) is 0 Å². The van der Waals surface area contributed by atoms with E-state index in [9.17, 15) is 19.5 Å². The van der Waals surface area contributed by atoms with Crippen LogP contribution in [0.3, 0.4) is 0 Å². The molecule has 2 fully saturated rings. The van der Waals surface area contributed by atoms with Gasteiger partial charge in [0.15, 0.2) is 0 Å². The molecule has 4 atom stereocenters. The second kappa shape index (κ2) is 6.52. The number of carboxylic acids is 1. The Bertz CT molecular complexity index is 992. The normalized spacial score (nSPS) is 28.8. The standard InChI is InChI=1S/C21H23N3O5/c1-5-24-18(25)15-16(19(24)26)21(4,20(27)28)22-17(15)13-8-6-12(7-9-13)14-10(2)23-29-11(14)3/h6-9,15-17,22H,5H2,1-4H3,(H,27,28). The van der Waals surface area contributed by atoms with Crippen LogP contribution in [0.2, 0.25) is 0 Å². The van der Waals surface area contributed by atoms with Gasteiger partial charge in [0.1, 0.15) is 11.3 Å². The highest BCUT2D eigenvalue weighted by atomic mass is 16.5. The fraction of sp³-hybridized carbons (Fsp3) is 0.429. The molecular formula is C21H23N3O5. The van der Waals surface area contributed by atoms with Gasteiger partial charge >= 0.3 is 5.97 Å². The van der Waals surface area contributed by atoms with Crippen molar-refractivity contribution in [3.8, 4) is 11.1 Å². The molecule has 3 heterocycles. The first-order valence-corrected chi connectivity index (χ1v) is 9.60. The van der Waals surface area contributed by atoms with Crippen LogP contribution in [0.15, 0.2) is 28.8 Å². The monoisotopic (exact) mass is 397 g/mol. The number of imide groups is 1. The van der Waals surface area contributed by atoms with Gasteiger partial charge in [-0.3, -0.25) is 24.6 Å². The van der Waals surface area contributed by atoms with Crippen molar-refractivity contribution in [2.45, 2.75) is 39.3 Å². The Morgan fingerprint density at radius 3 is 2.41 bits per heavy atom. The molecule has 0 saturated carbocycles. The van der Waals surface area contributed by atoms with Gasteiger partial charge in [-0.25, -0.2) is 0 Å². The number of nitrogens with one attached hydrogen (secondary N) is 1. The van der Waals surface area contributed by atoms with Crippen LogP contribution in [0.5, 0.6) is 0 Å². The fourth-order valence-corrected chi connectivity index (χ4v) is 4.75. The lowest BCUT2D eigenvalue weighted by atomic mass is 9.80. The van der Waals surface area contributed by atoms with Crippen molar-refractivity contribution in [2.24, 2.45) is 11.8 Å². The second-order valence-electron chi connectivity index (χ2n) is 7.87. The first kappa shape index (κ1) is 19.3. The minimum Gasteiger partial charge on any atom is -0.480 e. The Hall–Kier alpha value is -3.00. The van der Waals surface area contributed by atoms with Crippen molar-refractivity contribution >= 4 is 17.8 Å². The summed E-state index contributed by atoms with van der Waals surface area (Å²) in [5.41, 5.74) is 1.87. The number of carbonyl (C=O) groups is 3. The Labute approximate surface area is 167 Å². The van der Waals surface area contributed by atoms with Crippen LogP contribution in [0, 0.1) is 25.7 Å². The molecule has 0 spiro atoms. The summed E-state index contributed by atoms with van der Waals surface area (Å²) >= 11 is 0. The van der Waals surface area contributed by atoms with Gasteiger partial charge < -0.3 is 9.63 Å². The van der Waals surface area contributed by atoms with Gasteiger partial charge in [0.2, 0.25) is 11.8 Å². The lowest BCUT2D eigenvalue weighted by molar-refractivity contribution is -0.150. The van der Waals surface area contributed by atoms with Crippen molar-refractivity contribution in [3.05, 3.63) is 41.3 Å². The Morgan fingerprint density at radius 1 is 1.24 bits per heavy atom. The molecule has 2 N–H and O–H groups in total. The average Bonchev–Trinajstić information content (AvgIpc) is 3.28. The van der Waals surface area contributed by atoms with E-state index < -0.39 is 35.3 Å². The summed E-state index contributed by atoms with van der Waals surface area (Å²) in [5.74, 6) is -2.84. The Balaban J connectivity index is 1.74. The smallest absolute Gasteiger partial charge is 0.324 e. The van der Waals surface area contributed by atoms with E-state index in [4.69, 9.17) is 4.52 Å². The molecular weight excluding hydrogens is 374 g/mol. The number of amides is 2. The Kier molecular flexibility index (Phi) is 4.34. The van der Waals surface area contributed by atoms with E-state index in [2.05, 4.69) is 10.5 Å². The molecule has 4 unspecified atom stereocenters. The van der Waals surface area contributed by atoms with Crippen LogP contribution in [0.25, 0.3) is 11.1 Å². The molecule has 0 radical (unpaired) electrons. The van der Waals surface area contributed by atoms with E-state index in [1.54, 1.807) is 6.92 Å². The van der Waals surface area contributed by atoms with E-state index in [-0.39, 0.29) is 12.5 Å². The first-order valence-electron chi connectivity index (χ1n) is 9.60. The summed E-state index contributed by atoms with van der Waals surface area (Å²) in [6.07, 6.45) is 0. The number of aromatic nitrogens is 1. The highest BCUT2D eigenvalue weighted by Crippen LogP contribution is 2.48. The van der Waals surface area contributed by atoms with Crippen molar-refractivity contribution in [3.63, 3.8) is 0 Å². The van der Waals surface area contributed by atoms with Crippen molar-refractivity contribution in [1.82, 2.24) is 15.4 Å². The zero-order chi connectivity index (χ0) is 21.1. The second-order valence-corrected chi connectivity index (χ2v) is 7.87. The highest BCUT2D eigenvalue weighted by molar-refractivity contribution is 6.09. The first-order chi connectivity index (χ1) is 13.7. The molecule has 2 saturated heterocycles. The van der Waals surface area contributed by atoms with E-state index >= 15 is 0 Å². The molecule has 0 bridgehead atoms. The maximum atomic E-state index is 12.9. The lowest BCUT2D eigenvalue weighted by Crippen LogP contribution is -2.53. The van der Waals surface area contributed by atoms with Crippen LogP contribution in [-0.4, -0.2) is 45.0 Å². The predicted molar refractivity (Wildman–Crippen MR) is 103 cm³/mol. The molecule has 1 aromatic heterocycles. The van der Waals surface area contributed by atoms with E-state index in [0.29, 0.717) is 5.76 Å².